The van der Waals surface area contributed by atoms with E-state index in [1.54, 1.807) is 26.2 Å². The fraction of sp³-hybridized carbons (Fsp3) is 0.312. The number of amides is 2. The van der Waals surface area contributed by atoms with Crippen molar-refractivity contribution in [3.8, 4) is 5.88 Å². The molecule has 25 heavy (non-hydrogen) atoms. The second-order valence-electron chi connectivity index (χ2n) is 5.26. The van der Waals surface area contributed by atoms with E-state index in [4.69, 9.17) is 27.9 Å². The number of H-pyrrole nitrogens is 1. The van der Waals surface area contributed by atoms with E-state index in [0.717, 1.165) is 4.90 Å². The molecule has 2 rings (SSSR count). The Balaban J connectivity index is 2.33. The molecule has 2 amide bonds. The number of likely N-dealkylation sites (N-methyl/N-ethyl adjacent to an activating group) is 1. The van der Waals surface area contributed by atoms with Gasteiger partial charge in [0.15, 0.2) is 0 Å². The third kappa shape index (κ3) is 4.50. The van der Waals surface area contributed by atoms with Crippen LogP contribution in [0.25, 0.3) is 0 Å². The number of benzene rings is 1. The summed E-state index contributed by atoms with van der Waals surface area (Å²) in [7, 11) is 1.62. The van der Waals surface area contributed by atoms with Crippen LogP contribution in [-0.4, -0.2) is 35.4 Å². The number of nitrogens with one attached hydrogen (secondary N) is 2. The van der Waals surface area contributed by atoms with Gasteiger partial charge in [0.25, 0.3) is 0 Å². The van der Waals surface area contributed by atoms with Gasteiger partial charge in [0.05, 0.1) is 23.5 Å². The monoisotopic (exact) mass is 384 g/mol. The minimum absolute atomic E-state index is 0.00219. The van der Waals surface area contributed by atoms with Crippen LogP contribution in [0, 0.1) is 6.92 Å². The second-order valence-corrected chi connectivity index (χ2v) is 6.04. The van der Waals surface area contributed by atoms with Crippen molar-refractivity contribution >= 4 is 40.7 Å². The van der Waals surface area contributed by atoms with Gasteiger partial charge in [0.2, 0.25) is 17.7 Å². The highest BCUT2D eigenvalue weighted by molar-refractivity contribution is 6.39. The number of halogens is 2. The number of nitrogens with zero attached hydrogens (tertiary/aromatic N) is 2. The average molecular weight is 385 g/mol. The number of hydrogen-bond donors (Lipinski definition) is 2. The van der Waals surface area contributed by atoms with Crippen LogP contribution in [0.15, 0.2) is 18.3 Å². The summed E-state index contributed by atoms with van der Waals surface area (Å²) >= 11 is 12.6. The zero-order valence-electron chi connectivity index (χ0n) is 14.0. The number of carbonyl (C=O) groups excluding carboxylic acids is 2. The third-order valence-electron chi connectivity index (χ3n) is 3.35. The van der Waals surface area contributed by atoms with Crippen LogP contribution >= 0.6 is 23.2 Å². The lowest BCUT2D eigenvalue weighted by Crippen LogP contribution is -2.40. The van der Waals surface area contributed by atoms with Gasteiger partial charge in [-0.3, -0.25) is 9.59 Å². The molecule has 0 aliphatic carbocycles. The van der Waals surface area contributed by atoms with E-state index < -0.39 is 11.8 Å². The predicted molar refractivity (Wildman–Crippen MR) is 96.2 cm³/mol. The first-order chi connectivity index (χ1) is 11.8. The number of ether oxygens (including phenoxy) is 1. The zero-order chi connectivity index (χ0) is 18.6. The molecular formula is C16H18Cl2N4O3. The quantitative estimate of drug-likeness (QED) is 0.799. The Hall–Kier alpha value is -2.09. The maximum absolute atomic E-state index is 12.2. The Bertz CT molecular complexity index is 792. The van der Waals surface area contributed by atoms with Crippen molar-refractivity contribution < 1.29 is 14.3 Å². The van der Waals surface area contributed by atoms with Crippen LogP contribution < -0.4 is 15.0 Å². The lowest BCUT2D eigenvalue weighted by atomic mass is 10.2. The van der Waals surface area contributed by atoms with E-state index in [2.05, 4.69) is 15.3 Å². The molecule has 2 N–H and O–H groups in total. The maximum atomic E-state index is 12.2. The first-order valence-electron chi connectivity index (χ1n) is 7.44. The molecular weight excluding hydrogens is 367 g/mol. The maximum Gasteiger partial charge on any atom is 0.247 e. The molecule has 0 aliphatic heterocycles. The van der Waals surface area contributed by atoms with Gasteiger partial charge < -0.3 is 15.0 Å². The van der Waals surface area contributed by atoms with Crippen molar-refractivity contribution in [2.24, 2.45) is 0 Å². The van der Waals surface area contributed by atoms with E-state index in [0.29, 0.717) is 22.3 Å². The van der Waals surface area contributed by atoms with Crippen LogP contribution in [0.3, 0.4) is 0 Å². The van der Waals surface area contributed by atoms with Gasteiger partial charge in [0.1, 0.15) is 12.4 Å². The van der Waals surface area contributed by atoms with Gasteiger partial charge in [-0.25, -0.2) is 9.88 Å². The number of anilines is 1. The SMILES string of the molecule is CNCC(=O)N(C(C)=O)c1ccc(Cl)c(COc2cnc(C)[nH]2)c1Cl. The van der Waals surface area contributed by atoms with Crippen molar-refractivity contribution in [1.29, 1.82) is 0 Å². The van der Waals surface area contributed by atoms with Crippen molar-refractivity contribution in [3.63, 3.8) is 0 Å². The highest BCUT2D eigenvalue weighted by Gasteiger charge is 2.24. The first-order valence-corrected chi connectivity index (χ1v) is 8.20. The van der Waals surface area contributed by atoms with E-state index >= 15 is 0 Å². The summed E-state index contributed by atoms with van der Waals surface area (Å²) in [5.74, 6) is 0.307. The molecule has 0 unspecified atom stereocenters. The van der Waals surface area contributed by atoms with E-state index in [-0.39, 0.29) is 23.9 Å². The molecule has 1 heterocycles. The van der Waals surface area contributed by atoms with E-state index in [1.165, 1.54) is 13.0 Å². The summed E-state index contributed by atoms with van der Waals surface area (Å²) in [6, 6.07) is 3.10. The molecule has 0 atom stereocenters. The van der Waals surface area contributed by atoms with Crippen LogP contribution in [0.1, 0.15) is 18.3 Å². The molecule has 7 nitrogen and oxygen atoms in total. The molecule has 1 aromatic carbocycles. The van der Waals surface area contributed by atoms with Gasteiger partial charge >= 0.3 is 0 Å². The number of carbonyl (C=O) groups is 2. The largest absolute Gasteiger partial charge is 0.473 e. The zero-order valence-corrected chi connectivity index (χ0v) is 15.5. The summed E-state index contributed by atoms with van der Waals surface area (Å²) in [5.41, 5.74) is 0.731. The highest BCUT2D eigenvalue weighted by Crippen LogP contribution is 2.35. The Morgan fingerprint density at radius 2 is 2.08 bits per heavy atom. The Morgan fingerprint density at radius 3 is 2.64 bits per heavy atom. The smallest absolute Gasteiger partial charge is 0.247 e. The van der Waals surface area contributed by atoms with E-state index in [1.807, 2.05) is 0 Å². The molecule has 0 saturated heterocycles. The fourth-order valence-electron chi connectivity index (χ4n) is 2.22. The van der Waals surface area contributed by atoms with Gasteiger partial charge in [-0.2, -0.15) is 0 Å². The Labute approximate surface area is 155 Å². The molecule has 0 aliphatic rings. The molecule has 0 spiro atoms. The van der Waals surface area contributed by atoms with Crippen molar-refractivity contribution in [1.82, 2.24) is 15.3 Å². The lowest BCUT2D eigenvalue weighted by molar-refractivity contribution is -0.124. The van der Waals surface area contributed by atoms with Gasteiger partial charge in [0, 0.05) is 17.5 Å². The van der Waals surface area contributed by atoms with Crippen molar-refractivity contribution in [2.45, 2.75) is 20.5 Å². The molecule has 134 valence electrons. The Kier molecular flexibility index (Phi) is 6.41. The minimum Gasteiger partial charge on any atom is -0.473 e. The number of rotatable bonds is 6. The molecule has 0 radical (unpaired) electrons. The number of aryl methyl sites for hydroxylation is 1. The molecule has 0 fully saturated rings. The first kappa shape index (κ1) is 19.2. The van der Waals surface area contributed by atoms with Crippen LogP contribution in [0.4, 0.5) is 5.69 Å². The topological polar surface area (TPSA) is 87.3 Å². The van der Waals surface area contributed by atoms with E-state index in [9.17, 15) is 9.59 Å². The number of aromatic amines is 1. The highest BCUT2D eigenvalue weighted by atomic mass is 35.5. The fourth-order valence-corrected chi connectivity index (χ4v) is 2.79. The molecule has 0 bridgehead atoms. The summed E-state index contributed by atoms with van der Waals surface area (Å²) in [5, 5.41) is 3.27. The van der Waals surface area contributed by atoms with Gasteiger partial charge in [-0.15, -0.1) is 0 Å². The van der Waals surface area contributed by atoms with Crippen LogP contribution in [0.2, 0.25) is 10.0 Å². The van der Waals surface area contributed by atoms with Crippen molar-refractivity contribution in [3.05, 3.63) is 39.8 Å². The Morgan fingerprint density at radius 1 is 1.36 bits per heavy atom. The summed E-state index contributed by atoms with van der Waals surface area (Å²) in [6.45, 7) is 3.14. The molecule has 9 heteroatoms. The summed E-state index contributed by atoms with van der Waals surface area (Å²) < 4.78 is 5.59. The summed E-state index contributed by atoms with van der Waals surface area (Å²) in [6.07, 6.45) is 1.54. The summed E-state index contributed by atoms with van der Waals surface area (Å²) in [4.78, 5) is 32.1. The number of hydrogen-bond acceptors (Lipinski definition) is 5. The predicted octanol–water partition coefficient (Wildman–Crippen LogP) is 2.70. The lowest BCUT2D eigenvalue weighted by Gasteiger charge is -2.22. The minimum atomic E-state index is -0.444. The molecule has 2 aromatic rings. The molecule has 1 aromatic heterocycles. The van der Waals surface area contributed by atoms with Crippen LogP contribution in [-0.2, 0) is 16.2 Å². The number of imide groups is 1. The number of imidazole rings is 1. The second kappa shape index (κ2) is 8.33. The number of aromatic nitrogens is 2. The van der Waals surface area contributed by atoms with Gasteiger partial charge in [-0.05, 0) is 26.1 Å². The molecule has 0 saturated carbocycles. The van der Waals surface area contributed by atoms with Crippen molar-refractivity contribution in [2.75, 3.05) is 18.5 Å². The third-order valence-corrected chi connectivity index (χ3v) is 4.13. The normalized spacial score (nSPS) is 10.6. The average Bonchev–Trinajstić information content (AvgIpc) is 2.95. The standard InChI is InChI=1S/C16H18Cl2N4O3/c1-9-20-6-14(21-9)25-8-11-12(17)4-5-13(16(11)18)22(10(2)23)15(24)7-19-3/h4-6,19H,7-8H2,1-3H3,(H,20,21). The van der Waals surface area contributed by atoms with Gasteiger partial charge in [-0.1, -0.05) is 23.2 Å². The van der Waals surface area contributed by atoms with Crippen LogP contribution in [0.5, 0.6) is 5.88 Å².